The third-order valence-corrected chi connectivity index (χ3v) is 3.74. The Kier molecular flexibility index (Phi) is 4.72. The molecule has 0 spiro atoms. The molecule has 1 heterocycles. The first-order valence-corrected chi connectivity index (χ1v) is 7.87. The van der Waals surface area contributed by atoms with Gasteiger partial charge >= 0.3 is 0 Å². The van der Waals surface area contributed by atoms with Gasteiger partial charge in [0.15, 0.2) is 0 Å². The van der Waals surface area contributed by atoms with Crippen LogP contribution in [0.4, 0.5) is 0 Å². The number of rotatable bonds is 6. The van der Waals surface area contributed by atoms with Gasteiger partial charge in [-0.05, 0) is 37.8 Å². The Labute approximate surface area is 113 Å². The zero-order chi connectivity index (χ0) is 13.0. The topological polar surface area (TPSA) is 25.2 Å². The quantitative estimate of drug-likeness (QED) is 0.847. The van der Waals surface area contributed by atoms with E-state index in [1.165, 1.54) is 10.9 Å². The lowest BCUT2D eigenvalue weighted by atomic mass is 10.1. The van der Waals surface area contributed by atoms with Gasteiger partial charge in [-0.2, -0.15) is 11.8 Å². The van der Waals surface area contributed by atoms with Gasteiger partial charge < -0.3 is 9.73 Å². The summed E-state index contributed by atoms with van der Waals surface area (Å²) in [5, 5.41) is 4.76. The number of fused-ring (bicyclic) bond motifs is 1. The highest BCUT2D eigenvalue weighted by Crippen LogP contribution is 2.27. The zero-order valence-electron chi connectivity index (χ0n) is 11.3. The average Bonchev–Trinajstić information content (AvgIpc) is 2.80. The number of hydrogen-bond donors (Lipinski definition) is 1. The van der Waals surface area contributed by atoms with E-state index in [9.17, 15) is 0 Å². The molecule has 0 radical (unpaired) electrons. The third-order valence-electron chi connectivity index (χ3n) is 3.08. The first-order valence-electron chi connectivity index (χ1n) is 6.47. The van der Waals surface area contributed by atoms with Gasteiger partial charge in [-0.3, -0.25) is 0 Å². The van der Waals surface area contributed by atoms with Gasteiger partial charge in [0.25, 0.3) is 0 Å². The molecule has 0 fully saturated rings. The summed E-state index contributed by atoms with van der Waals surface area (Å²) in [6.07, 6.45) is 3.28. The molecule has 2 nitrogen and oxygen atoms in total. The zero-order valence-corrected chi connectivity index (χ0v) is 12.1. The smallest absolute Gasteiger partial charge is 0.137 e. The van der Waals surface area contributed by atoms with Crippen molar-refractivity contribution in [3.05, 3.63) is 35.6 Å². The maximum Gasteiger partial charge on any atom is 0.137 e. The second kappa shape index (κ2) is 6.30. The standard InChI is InChI=1S/C15H21NOS/c1-4-8-16-13(10-18-3)14-9-12-7-5-6-11(2)15(12)17-14/h5-7,9,13,16H,4,8,10H2,1-3H3. The second-order valence-electron chi connectivity index (χ2n) is 4.60. The fourth-order valence-corrected chi connectivity index (χ4v) is 2.74. The summed E-state index contributed by atoms with van der Waals surface area (Å²) in [5.74, 6) is 2.10. The van der Waals surface area contributed by atoms with Crippen LogP contribution in [0.25, 0.3) is 11.0 Å². The number of thioether (sulfide) groups is 1. The molecular weight excluding hydrogens is 242 g/mol. The Bertz CT molecular complexity index is 506. The highest BCUT2D eigenvalue weighted by atomic mass is 32.2. The van der Waals surface area contributed by atoms with Crippen LogP contribution in [0.2, 0.25) is 0 Å². The van der Waals surface area contributed by atoms with Gasteiger partial charge in [0.1, 0.15) is 11.3 Å². The van der Waals surface area contributed by atoms with Gasteiger partial charge in [-0.25, -0.2) is 0 Å². The molecule has 0 aliphatic heterocycles. The van der Waals surface area contributed by atoms with Crippen LogP contribution >= 0.6 is 11.8 Å². The monoisotopic (exact) mass is 263 g/mol. The molecule has 0 saturated carbocycles. The van der Waals surface area contributed by atoms with Crippen molar-refractivity contribution >= 4 is 22.7 Å². The van der Waals surface area contributed by atoms with Gasteiger partial charge in [0, 0.05) is 11.1 Å². The molecular formula is C15H21NOS. The minimum absolute atomic E-state index is 0.312. The van der Waals surface area contributed by atoms with E-state index in [0.717, 1.165) is 30.1 Å². The molecule has 1 unspecified atom stereocenters. The van der Waals surface area contributed by atoms with Crippen LogP contribution in [0, 0.1) is 6.92 Å². The first kappa shape index (κ1) is 13.5. The molecule has 1 aromatic heterocycles. The van der Waals surface area contributed by atoms with E-state index in [4.69, 9.17) is 4.42 Å². The van der Waals surface area contributed by atoms with E-state index >= 15 is 0 Å². The summed E-state index contributed by atoms with van der Waals surface area (Å²) in [7, 11) is 0. The van der Waals surface area contributed by atoms with Crippen molar-refractivity contribution < 1.29 is 4.42 Å². The highest BCUT2D eigenvalue weighted by molar-refractivity contribution is 7.98. The third kappa shape index (κ3) is 2.90. The van der Waals surface area contributed by atoms with Crippen molar-refractivity contribution in [2.75, 3.05) is 18.6 Å². The summed E-state index contributed by atoms with van der Waals surface area (Å²) in [5.41, 5.74) is 2.23. The van der Waals surface area contributed by atoms with Crippen LogP contribution in [0.5, 0.6) is 0 Å². The first-order chi connectivity index (χ1) is 8.76. The van der Waals surface area contributed by atoms with E-state index in [0.29, 0.717) is 6.04 Å². The highest BCUT2D eigenvalue weighted by Gasteiger charge is 2.15. The van der Waals surface area contributed by atoms with Crippen molar-refractivity contribution in [2.45, 2.75) is 26.3 Å². The van der Waals surface area contributed by atoms with E-state index in [1.54, 1.807) is 0 Å². The van der Waals surface area contributed by atoms with Gasteiger partial charge in [0.05, 0.1) is 6.04 Å². The lowest BCUT2D eigenvalue weighted by Crippen LogP contribution is -2.23. The summed E-state index contributed by atoms with van der Waals surface area (Å²) in [6, 6.07) is 8.78. The molecule has 1 aromatic carbocycles. The molecule has 0 aliphatic rings. The number of furan rings is 1. The number of aryl methyl sites for hydroxylation is 1. The number of nitrogens with one attached hydrogen (secondary N) is 1. The fourth-order valence-electron chi connectivity index (χ4n) is 2.13. The molecule has 0 amide bonds. The van der Waals surface area contributed by atoms with Crippen LogP contribution in [0.15, 0.2) is 28.7 Å². The maximum absolute atomic E-state index is 6.03. The van der Waals surface area contributed by atoms with Crippen molar-refractivity contribution in [1.82, 2.24) is 5.32 Å². The van der Waals surface area contributed by atoms with Gasteiger partial charge in [0.2, 0.25) is 0 Å². The molecule has 0 saturated heterocycles. The van der Waals surface area contributed by atoms with Crippen molar-refractivity contribution in [3.8, 4) is 0 Å². The summed E-state index contributed by atoms with van der Waals surface area (Å²) < 4.78 is 6.03. The summed E-state index contributed by atoms with van der Waals surface area (Å²) in [4.78, 5) is 0. The number of benzene rings is 1. The Morgan fingerprint density at radius 1 is 1.39 bits per heavy atom. The van der Waals surface area contributed by atoms with E-state index in [2.05, 4.69) is 49.7 Å². The van der Waals surface area contributed by atoms with Crippen molar-refractivity contribution in [3.63, 3.8) is 0 Å². The molecule has 0 bridgehead atoms. The summed E-state index contributed by atoms with van der Waals surface area (Å²) in [6.45, 7) is 5.31. The fraction of sp³-hybridized carbons (Fsp3) is 0.467. The normalized spacial score (nSPS) is 13.1. The molecule has 0 aliphatic carbocycles. The molecule has 2 aromatic rings. The minimum Gasteiger partial charge on any atom is -0.459 e. The molecule has 1 atom stereocenters. The molecule has 1 N–H and O–H groups in total. The van der Waals surface area contributed by atoms with E-state index in [1.807, 2.05) is 11.8 Å². The molecule has 3 heteroatoms. The predicted octanol–water partition coefficient (Wildman–Crippen LogP) is 4.14. The predicted molar refractivity (Wildman–Crippen MR) is 80.4 cm³/mol. The largest absolute Gasteiger partial charge is 0.459 e. The number of hydrogen-bond acceptors (Lipinski definition) is 3. The average molecular weight is 263 g/mol. The van der Waals surface area contributed by atoms with Crippen molar-refractivity contribution in [2.24, 2.45) is 0 Å². The van der Waals surface area contributed by atoms with Crippen LogP contribution in [0.1, 0.15) is 30.7 Å². The van der Waals surface area contributed by atoms with Crippen LogP contribution in [-0.2, 0) is 0 Å². The Hall–Kier alpha value is -0.930. The van der Waals surface area contributed by atoms with Gasteiger partial charge in [-0.1, -0.05) is 25.1 Å². The van der Waals surface area contributed by atoms with Gasteiger partial charge in [-0.15, -0.1) is 0 Å². The van der Waals surface area contributed by atoms with Crippen molar-refractivity contribution in [1.29, 1.82) is 0 Å². The maximum atomic E-state index is 6.03. The lowest BCUT2D eigenvalue weighted by molar-refractivity contribution is 0.455. The Morgan fingerprint density at radius 2 is 2.22 bits per heavy atom. The summed E-state index contributed by atoms with van der Waals surface area (Å²) >= 11 is 1.85. The second-order valence-corrected chi connectivity index (χ2v) is 5.51. The molecule has 98 valence electrons. The number of para-hydroxylation sites is 1. The Morgan fingerprint density at radius 3 is 2.89 bits per heavy atom. The SMILES string of the molecule is CCCNC(CSC)c1cc2cccc(C)c2o1. The van der Waals surface area contributed by atoms with Crippen LogP contribution < -0.4 is 5.32 Å². The minimum atomic E-state index is 0.312. The lowest BCUT2D eigenvalue weighted by Gasteiger charge is -2.14. The molecule has 2 rings (SSSR count). The van der Waals surface area contributed by atoms with Crippen LogP contribution in [0.3, 0.4) is 0 Å². The van der Waals surface area contributed by atoms with Crippen LogP contribution in [-0.4, -0.2) is 18.6 Å². The van der Waals surface area contributed by atoms with E-state index in [-0.39, 0.29) is 0 Å². The molecule has 18 heavy (non-hydrogen) atoms. The Balaban J connectivity index is 2.29. The van der Waals surface area contributed by atoms with E-state index < -0.39 is 0 Å².